The van der Waals surface area contributed by atoms with Crippen LogP contribution >= 0.6 is 0 Å². The molecule has 7 nitrogen and oxygen atoms in total. The SMILES string of the molecule is CC(C)n1ncc2c(C(=O)NCCCO)cc(-c3ccco3)nc21. The van der Waals surface area contributed by atoms with E-state index in [1.807, 2.05) is 13.8 Å². The number of aliphatic hydroxyl groups excluding tert-OH is 1. The van der Waals surface area contributed by atoms with Crippen LogP contribution in [0.4, 0.5) is 0 Å². The summed E-state index contributed by atoms with van der Waals surface area (Å²) < 4.78 is 7.21. The molecule has 0 saturated heterocycles. The fourth-order valence-electron chi connectivity index (χ4n) is 2.51. The van der Waals surface area contributed by atoms with Gasteiger partial charge in [-0.2, -0.15) is 5.10 Å². The first-order valence-corrected chi connectivity index (χ1v) is 7.93. The van der Waals surface area contributed by atoms with Crippen LogP contribution in [0.15, 0.2) is 35.1 Å². The molecule has 7 heteroatoms. The molecule has 0 aromatic carbocycles. The average Bonchev–Trinajstić information content (AvgIpc) is 3.23. The van der Waals surface area contributed by atoms with Crippen molar-refractivity contribution in [1.82, 2.24) is 20.1 Å². The van der Waals surface area contributed by atoms with Crippen LogP contribution in [0.2, 0.25) is 0 Å². The van der Waals surface area contributed by atoms with Crippen molar-refractivity contribution in [2.24, 2.45) is 0 Å². The molecule has 3 aromatic heterocycles. The van der Waals surface area contributed by atoms with Crippen LogP contribution in [-0.2, 0) is 0 Å². The average molecular weight is 328 g/mol. The number of aliphatic hydroxyl groups is 1. The van der Waals surface area contributed by atoms with Crippen LogP contribution in [0.3, 0.4) is 0 Å². The predicted octanol–water partition coefficient (Wildman–Crippen LogP) is 2.38. The lowest BCUT2D eigenvalue weighted by Crippen LogP contribution is -2.25. The van der Waals surface area contributed by atoms with Crippen LogP contribution in [0, 0.1) is 0 Å². The van der Waals surface area contributed by atoms with E-state index < -0.39 is 0 Å². The van der Waals surface area contributed by atoms with Crippen molar-refractivity contribution in [2.75, 3.05) is 13.2 Å². The summed E-state index contributed by atoms with van der Waals surface area (Å²) in [6, 6.07) is 5.41. The fraction of sp³-hybridized carbons (Fsp3) is 0.353. The third-order valence-corrected chi connectivity index (χ3v) is 3.69. The van der Waals surface area contributed by atoms with Gasteiger partial charge in [0.15, 0.2) is 11.4 Å². The summed E-state index contributed by atoms with van der Waals surface area (Å²) >= 11 is 0. The van der Waals surface area contributed by atoms with Gasteiger partial charge in [-0.1, -0.05) is 0 Å². The van der Waals surface area contributed by atoms with Crippen LogP contribution < -0.4 is 5.32 Å². The molecule has 126 valence electrons. The van der Waals surface area contributed by atoms with Gasteiger partial charge in [0.2, 0.25) is 0 Å². The van der Waals surface area contributed by atoms with Crippen LogP contribution in [0.25, 0.3) is 22.5 Å². The summed E-state index contributed by atoms with van der Waals surface area (Å²) in [6.07, 6.45) is 3.74. The van der Waals surface area contributed by atoms with Crippen LogP contribution in [-0.4, -0.2) is 38.9 Å². The summed E-state index contributed by atoms with van der Waals surface area (Å²) in [5.41, 5.74) is 1.73. The second kappa shape index (κ2) is 6.84. The Morgan fingerprint density at radius 2 is 2.29 bits per heavy atom. The molecule has 24 heavy (non-hydrogen) atoms. The van der Waals surface area contributed by atoms with Crippen molar-refractivity contribution < 1.29 is 14.3 Å². The van der Waals surface area contributed by atoms with Crippen molar-refractivity contribution in [3.63, 3.8) is 0 Å². The largest absolute Gasteiger partial charge is 0.463 e. The van der Waals surface area contributed by atoms with E-state index in [2.05, 4.69) is 15.4 Å². The standard InChI is InChI=1S/C17H20N4O3/c1-11(2)21-16-13(10-19-21)12(17(23)18-6-4-7-22)9-14(20-16)15-5-3-8-24-15/h3,5,8-11,22H,4,6-7H2,1-2H3,(H,18,23). The number of furan rings is 1. The van der Waals surface area contributed by atoms with Crippen LogP contribution in [0.1, 0.15) is 36.7 Å². The van der Waals surface area contributed by atoms with E-state index in [4.69, 9.17) is 9.52 Å². The molecule has 0 aliphatic rings. The molecule has 0 spiro atoms. The zero-order chi connectivity index (χ0) is 17.1. The Morgan fingerprint density at radius 3 is 2.96 bits per heavy atom. The molecule has 0 aliphatic heterocycles. The Hall–Kier alpha value is -2.67. The lowest BCUT2D eigenvalue weighted by atomic mass is 10.1. The Balaban J connectivity index is 2.10. The normalized spacial score (nSPS) is 11.3. The number of hydrogen-bond acceptors (Lipinski definition) is 5. The second-order valence-electron chi connectivity index (χ2n) is 5.79. The number of aromatic nitrogens is 3. The zero-order valence-corrected chi connectivity index (χ0v) is 13.7. The van der Waals surface area contributed by atoms with Gasteiger partial charge < -0.3 is 14.8 Å². The van der Waals surface area contributed by atoms with Gasteiger partial charge in [-0.05, 0) is 38.5 Å². The maximum absolute atomic E-state index is 12.5. The minimum atomic E-state index is -0.216. The van der Waals surface area contributed by atoms with Crippen molar-refractivity contribution in [3.05, 3.63) is 36.2 Å². The molecule has 3 rings (SSSR count). The quantitative estimate of drug-likeness (QED) is 0.678. The molecule has 2 N–H and O–H groups in total. The summed E-state index contributed by atoms with van der Waals surface area (Å²) in [6.45, 7) is 4.46. The van der Waals surface area contributed by atoms with Crippen molar-refractivity contribution >= 4 is 16.9 Å². The maximum atomic E-state index is 12.5. The molecular weight excluding hydrogens is 308 g/mol. The van der Waals surface area contributed by atoms with Gasteiger partial charge in [0.25, 0.3) is 5.91 Å². The number of pyridine rings is 1. The summed E-state index contributed by atoms with van der Waals surface area (Å²) in [4.78, 5) is 17.2. The summed E-state index contributed by atoms with van der Waals surface area (Å²) in [5, 5.41) is 16.7. The Bertz CT molecular complexity index is 837. The molecule has 0 fully saturated rings. The van der Waals surface area contributed by atoms with E-state index in [9.17, 15) is 4.79 Å². The lowest BCUT2D eigenvalue weighted by molar-refractivity contribution is 0.0953. The highest BCUT2D eigenvalue weighted by Gasteiger charge is 2.19. The van der Waals surface area contributed by atoms with Gasteiger partial charge in [-0.3, -0.25) is 4.79 Å². The van der Waals surface area contributed by atoms with Crippen molar-refractivity contribution in [1.29, 1.82) is 0 Å². The van der Waals surface area contributed by atoms with E-state index in [0.717, 1.165) is 0 Å². The van der Waals surface area contributed by atoms with E-state index >= 15 is 0 Å². The topological polar surface area (TPSA) is 93.2 Å². The molecule has 0 bridgehead atoms. The van der Waals surface area contributed by atoms with Gasteiger partial charge in [-0.15, -0.1) is 0 Å². The Morgan fingerprint density at radius 1 is 1.46 bits per heavy atom. The van der Waals surface area contributed by atoms with E-state index in [1.54, 1.807) is 35.3 Å². The molecule has 0 aliphatic carbocycles. The third-order valence-electron chi connectivity index (χ3n) is 3.69. The molecule has 0 saturated carbocycles. The maximum Gasteiger partial charge on any atom is 0.252 e. The number of hydrogen-bond donors (Lipinski definition) is 2. The van der Waals surface area contributed by atoms with E-state index in [0.29, 0.717) is 41.0 Å². The molecule has 0 radical (unpaired) electrons. The minimum Gasteiger partial charge on any atom is -0.463 e. The zero-order valence-electron chi connectivity index (χ0n) is 13.7. The fourth-order valence-corrected chi connectivity index (χ4v) is 2.51. The number of rotatable bonds is 6. The van der Waals surface area contributed by atoms with Gasteiger partial charge in [0.1, 0.15) is 5.69 Å². The van der Waals surface area contributed by atoms with Crippen molar-refractivity contribution in [3.8, 4) is 11.5 Å². The van der Waals surface area contributed by atoms with Crippen LogP contribution in [0.5, 0.6) is 0 Å². The van der Waals surface area contributed by atoms with Gasteiger partial charge in [0.05, 0.1) is 23.4 Å². The number of amides is 1. The van der Waals surface area contributed by atoms with Gasteiger partial charge in [-0.25, -0.2) is 9.67 Å². The number of carbonyl (C=O) groups excluding carboxylic acids is 1. The summed E-state index contributed by atoms with van der Waals surface area (Å²) in [7, 11) is 0. The summed E-state index contributed by atoms with van der Waals surface area (Å²) in [5.74, 6) is 0.379. The first kappa shape index (κ1) is 16.2. The highest BCUT2D eigenvalue weighted by molar-refractivity contribution is 6.06. The molecule has 3 heterocycles. The first-order chi connectivity index (χ1) is 11.6. The lowest BCUT2D eigenvalue weighted by Gasteiger charge is -2.10. The second-order valence-corrected chi connectivity index (χ2v) is 5.79. The van der Waals surface area contributed by atoms with E-state index in [1.165, 1.54) is 0 Å². The number of nitrogens with one attached hydrogen (secondary N) is 1. The highest BCUT2D eigenvalue weighted by Crippen LogP contribution is 2.26. The molecule has 0 atom stereocenters. The van der Waals surface area contributed by atoms with Crippen molar-refractivity contribution in [2.45, 2.75) is 26.3 Å². The number of nitrogens with zero attached hydrogens (tertiary/aromatic N) is 3. The number of fused-ring (bicyclic) bond motifs is 1. The number of carbonyl (C=O) groups is 1. The Labute approximate surface area is 139 Å². The van der Waals surface area contributed by atoms with Gasteiger partial charge in [0, 0.05) is 19.2 Å². The minimum absolute atomic E-state index is 0.0367. The highest BCUT2D eigenvalue weighted by atomic mass is 16.3. The monoisotopic (exact) mass is 328 g/mol. The first-order valence-electron chi connectivity index (χ1n) is 7.93. The Kier molecular flexibility index (Phi) is 4.61. The van der Waals surface area contributed by atoms with Gasteiger partial charge >= 0.3 is 0 Å². The third kappa shape index (κ3) is 3.03. The molecule has 0 unspecified atom stereocenters. The smallest absolute Gasteiger partial charge is 0.252 e. The molecule has 1 amide bonds. The predicted molar refractivity (Wildman–Crippen MR) is 89.7 cm³/mol. The molecular formula is C17H20N4O3. The molecule has 3 aromatic rings. The van der Waals surface area contributed by atoms with E-state index in [-0.39, 0.29) is 18.6 Å².